The van der Waals surface area contributed by atoms with E-state index in [1.807, 2.05) is 22.9 Å². The van der Waals surface area contributed by atoms with Gasteiger partial charge in [0.2, 0.25) is 0 Å². The van der Waals surface area contributed by atoms with Crippen LogP contribution in [0.15, 0.2) is 340 Å². The minimum atomic E-state index is -0.119. The molecule has 0 spiro atoms. The zero-order valence-electron chi connectivity index (χ0n) is 55.3. The van der Waals surface area contributed by atoms with Gasteiger partial charge in [-0.15, -0.1) is 17.5 Å². The Labute approximate surface area is 597 Å². The van der Waals surface area contributed by atoms with Gasteiger partial charge in [-0.25, -0.2) is 4.98 Å². The van der Waals surface area contributed by atoms with Crippen LogP contribution in [0.25, 0.3) is 150 Å². The molecule has 0 aliphatic rings. The second-order valence-corrected chi connectivity index (χ2v) is 26.2. The van der Waals surface area contributed by atoms with Crippen LogP contribution < -0.4 is 9.30 Å². The van der Waals surface area contributed by atoms with Crippen molar-refractivity contribution in [2.24, 2.45) is 0 Å². The Morgan fingerprint density at radius 3 is 1.25 bits per heavy atom. The first-order valence-corrected chi connectivity index (χ1v) is 33.6. The number of nitrogens with zero attached hydrogens (tertiary/aromatic N) is 5. The first-order chi connectivity index (χ1) is 48.7. The van der Waals surface area contributed by atoms with Crippen LogP contribution >= 0.6 is 0 Å². The van der Waals surface area contributed by atoms with Gasteiger partial charge in [-0.05, 0) is 195 Å². The molecule has 13 aromatic carbocycles. The number of aromatic nitrogens is 5. The smallest absolute Gasteiger partial charge is 0.269 e. The summed E-state index contributed by atoms with van der Waals surface area (Å²) < 4.78 is 13.4. The second kappa shape index (κ2) is 26.7. The molecule has 4 heterocycles. The van der Waals surface area contributed by atoms with Crippen molar-refractivity contribution >= 4 is 32.8 Å². The molecule has 17 aromatic rings. The molecule has 0 amide bonds. The van der Waals surface area contributed by atoms with Crippen molar-refractivity contribution < 1.29 is 30.4 Å². The number of para-hydroxylation sites is 3. The van der Waals surface area contributed by atoms with Crippen molar-refractivity contribution in [3.8, 4) is 129 Å². The summed E-state index contributed by atoms with van der Waals surface area (Å²) in [6.45, 7) is 6.71. The van der Waals surface area contributed by atoms with Gasteiger partial charge < -0.3 is 9.30 Å². The number of hydrogen-bond donors (Lipinski definition) is 0. The SMILES string of the molecule is CC(C)(C)c1ccnc(-n2c3[c-]c(Oc4[c-]c(-n5[c-][n+](-c6c(-c7cc(-c8ccccc8)cc(-c8ccccc8)c7)cccc6-c6cc(-c7ccccc7)cc(-c7ccccc7)c6)c6ccccc65)ncc4)ccc3c3cc(-c4cc(-c5ccccc5)cc(-c5ccccc5)c4)ccc32)c1.[Pt]. The van der Waals surface area contributed by atoms with Crippen molar-refractivity contribution in [1.29, 1.82) is 0 Å². The zero-order chi connectivity index (χ0) is 66.4. The molecule has 0 radical (unpaired) electrons. The topological polar surface area (TPSA) is 48.8 Å². The third-order valence-electron chi connectivity index (χ3n) is 18.8. The zero-order valence-corrected chi connectivity index (χ0v) is 57.6. The predicted octanol–water partition coefficient (Wildman–Crippen LogP) is 23.3. The van der Waals surface area contributed by atoms with Crippen LogP contribution in [0.3, 0.4) is 0 Å². The normalized spacial score (nSPS) is 11.5. The Bertz CT molecular complexity index is 5530. The van der Waals surface area contributed by atoms with E-state index >= 15 is 0 Å². The summed E-state index contributed by atoms with van der Waals surface area (Å²) in [6, 6.07) is 124. The molecule has 0 atom stereocenters. The summed E-state index contributed by atoms with van der Waals surface area (Å²) >= 11 is 0. The van der Waals surface area contributed by atoms with Gasteiger partial charge in [-0.3, -0.25) is 14.1 Å². The summed E-state index contributed by atoms with van der Waals surface area (Å²) in [5, 5.41) is 2.10. The minimum absolute atomic E-state index is 0. The molecule has 0 saturated heterocycles. The van der Waals surface area contributed by atoms with Crippen LogP contribution in [-0.2, 0) is 26.5 Å². The average molecular weight is 1460 g/mol. The average Bonchev–Trinajstić information content (AvgIpc) is 1.55. The van der Waals surface area contributed by atoms with E-state index in [1.54, 1.807) is 6.20 Å². The van der Waals surface area contributed by atoms with E-state index in [-0.39, 0.29) is 26.5 Å². The number of pyridine rings is 2. The number of hydrogen-bond acceptors (Lipinski definition) is 3. The number of imidazole rings is 1. The second-order valence-electron chi connectivity index (χ2n) is 26.2. The molecule has 0 N–H and O–H groups in total. The molecular formula is C93H65N5OPt-2. The molecule has 480 valence electrons. The summed E-state index contributed by atoms with van der Waals surface area (Å²) in [4.78, 5) is 10.1. The Balaban J connectivity index is 0.00000778. The molecule has 0 fully saturated rings. The van der Waals surface area contributed by atoms with Crippen molar-refractivity contribution in [1.82, 2.24) is 19.1 Å². The van der Waals surface area contributed by atoms with Crippen LogP contribution in [0.2, 0.25) is 0 Å². The van der Waals surface area contributed by atoms with Crippen LogP contribution in [-0.4, -0.2) is 19.1 Å². The molecule has 0 aliphatic heterocycles. The van der Waals surface area contributed by atoms with Gasteiger partial charge in [-0.1, -0.05) is 269 Å². The number of rotatable bonds is 14. The summed E-state index contributed by atoms with van der Waals surface area (Å²) in [7, 11) is 0. The molecule has 17 rings (SSSR count). The van der Waals surface area contributed by atoms with E-state index in [0.29, 0.717) is 17.3 Å². The number of benzene rings is 13. The van der Waals surface area contributed by atoms with Crippen molar-refractivity contribution in [2.75, 3.05) is 0 Å². The predicted molar refractivity (Wildman–Crippen MR) is 405 cm³/mol. The van der Waals surface area contributed by atoms with E-state index in [4.69, 9.17) is 14.7 Å². The largest absolute Gasteiger partial charge is 0.522 e. The molecule has 0 aliphatic carbocycles. The van der Waals surface area contributed by atoms with E-state index in [9.17, 15) is 0 Å². The van der Waals surface area contributed by atoms with E-state index < -0.39 is 0 Å². The number of ether oxygens (including phenoxy) is 1. The molecule has 4 aromatic heterocycles. The van der Waals surface area contributed by atoms with Crippen LogP contribution in [0.4, 0.5) is 0 Å². The van der Waals surface area contributed by atoms with Crippen molar-refractivity contribution in [3.05, 3.63) is 364 Å². The van der Waals surface area contributed by atoms with Crippen LogP contribution in [0.5, 0.6) is 11.5 Å². The Kier molecular flexibility index (Phi) is 16.8. The minimum Gasteiger partial charge on any atom is -0.522 e. The Hall–Kier alpha value is -12.1. The summed E-state index contributed by atoms with van der Waals surface area (Å²) in [6.07, 6.45) is 7.60. The van der Waals surface area contributed by atoms with E-state index in [1.165, 1.54) is 5.56 Å². The first kappa shape index (κ1) is 62.7. The molecule has 0 bridgehead atoms. The van der Waals surface area contributed by atoms with Crippen LogP contribution in [0.1, 0.15) is 26.3 Å². The molecule has 0 unspecified atom stereocenters. The third-order valence-corrected chi connectivity index (χ3v) is 18.8. The fourth-order valence-electron chi connectivity index (χ4n) is 13.8. The molecule has 100 heavy (non-hydrogen) atoms. The Morgan fingerprint density at radius 2 is 0.770 bits per heavy atom. The van der Waals surface area contributed by atoms with Gasteiger partial charge in [0.25, 0.3) is 6.33 Å². The fourth-order valence-corrected chi connectivity index (χ4v) is 13.8. The van der Waals surface area contributed by atoms with Gasteiger partial charge in [0.05, 0.1) is 22.5 Å². The molecule has 6 nitrogen and oxygen atoms in total. The van der Waals surface area contributed by atoms with E-state index in [0.717, 1.165) is 144 Å². The van der Waals surface area contributed by atoms with Gasteiger partial charge in [-0.2, -0.15) is 18.2 Å². The van der Waals surface area contributed by atoms with E-state index in [2.05, 4.69) is 364 Å². The summed E-state index contributed by atoms with van der Waals surface area (Å²) in [5.41, 5.74) is 25.7. The third kappa shape index (κ3) is 12.2. The molecular weight excluding hydrogens is 1400 g/mol. The van der Waals surface area contributed by atoms with Gasteiger partial charge in [0.1, 0.15) is 5.82 Å². The molecule has 0 saturated carbocycles. The standard InChI is InChI=1S/C93H65N5O.Pt/c1-93(2,3)79-45-47-95-91(59-79)98-86-44-41-69(76-52-70(63-25-10-4-11-26-63)49-71(53-76)64-27-12-5-13-28-64)58-85(86)84-43-42-80(60-89(84)98)99-81-46-48-94-90(61-81)96-62-97(88-40-23-22-39-87(88)96)92-82(77-54-72(65-29-14-6-15-30-65)50-73(55-77)66-31-16-7-17-32-66)37-24-38-83(92)78-56-74(67-33-18-8-19-34-67)51-75(57-78)68-35-20-9-21-36-68;/h4-59H,1-3H3;/q-2;. The Morgan fingerprint density at radius 1 is 0.340 bits per heavy atom. The van der Waals surface area contributed by atoms with Gasteiger partial charge in [0.15, 0.2) is 0 Å². The van der Waals surface area contributed by atoms with Crippen molar-refractivity contribution in [3.63, 3.8) is 0 Å². The maximum absolute atomic E-state index is 6.95. The fraction of sp³-hybridized carbons (Fsp3) is 0.0430. The van der Waals surface area contributed by atoms with Crippen LogP contribution in [0, 0.1) is 18.5 Å². The molecule has 7 heteroatoms. The maximum atomic E-state index is 6.95. The number of fused-ring (bicyclic) bond motifs is 4. The van der Waals surface area contributed by atoms with Gasteiger partial charge >= 0.3 is 0 Å². The monoisotopic (exact) mass is 1460 g/mol. The first-order valence-electron chi connectivity index (χ1n) is 33.6. The van der Waals surface area contributed by atoms with Crippen molar-refractivity contribution in [2.45, 2.75) is 26.2 Å². The van der Waals surface area contributed by atoms with Gasteiger partial charge in [0, 0.05) is 38.5 Å². The maximum Gasteiger partial charge on any atom is 0.269 e. The quantitative estimate of drug-likeness (QED) is 0.0805. The summed E-state index contributed by atoms with van der Waals surface area (Å²) in [5.74, 6) is 2.30.